The van der Waals surface area contributed by atoms with E-state index in [1.54, 1.807) is 0 Å². The molecule has 2 amide bonds. The molecule has 0 aromatic rings. The van der Waals surface area contributed by atoms with Crippen LogP contribution in [0.15, 0.2) is 0 Å². The van der Waals surface area contributed by atoms with Gasteiger partial charge >= 0.3 is 0 Å². The van der Waals surface area contributed by atoms with Crippen molar-refractivity contribution >= 4 is 11.8 Å². The number of hydrogen-bond acceptors (Lipinski definition) is 6. The SMILES string of the molecule is C[C@H]1CC[C@@]2(OC1)OC1C[C@H]3[C@@H]4CCC5C[C@H](NC(=O)CC(=O)N6CCN(C7CCN(CCF)CC7)CC6)CC[C@]5(C)C4CC[C@]3(C)C1[C@@H]2C. The Morgan fingerprint density at radius 3 is 2.32 bits per heavy atom. The predicted molar refractivity (Wildman–Crippen MR) is 192 cm³/mol. The molecule has 8 fully saturated rings. The number of nitrogens with one attached hydrogen (secondary N) is 1. The molecule has 12 atom stereocenters. The highest BCUT2D eigenvalue weighted by molar-refractivity contribution is 5.97. The minimum Gasteiger partial charge on any atom is -0.353 e. The van der Waals surface area contributed by atoms with E-state index in [4.69, 9.17) is 9.47 Å². The number of carbonyl (C=O) groups is 2. The van der Waals surface area contributed by atoms with E-state index in [1.807, 2.05) is 4.90 Å². The molecule has 9 heteroatoms. The third kappa shape index (κ3) is 6.18. The summed E-state index contributed by atoms with van der Waals surface area (Å²) < 4.78 is 26.3. The van der Waals surface area contributed by atoms with Crippen LogP contribution in [-0.2, 0) is 19.1 Å². The van der Waals surface area contributed by atoms with Gasteiger partial charge in [0.1, 0.15) is 13.1 Å². The third-order valence-corrected chi connectivity index (χ3v) is 16.8. The predicted octanol–water partition coefficient (Wildman–Crippen LogP) is 5.89. The molecule has 0 aromatic heterocycles. The number of likely N-dealkylation sites (tertiary alicyclic amines) is 1. The average molecular weight is 699 g/mol. The normalized spacial score (nSPS) is 47.0. The van der Waals surface area contributed by atoms with Crippen LogP contribution in [0.2, 0.25) is 0 Å². The first-order valence-corrected chi connectivity index (χ1v) is 20.9. The Morgan fingerprint density at radius 2 is 1.60 bits per heavy atom. The van der Waals surface area contributed by atoms with E-state index < -0.39 is 0 Å². The number of hydrogen-bond donors (Lipinski definition) is 1. The highest BCUT2D eigenvalue weighted by Crippen LogP contribution is 2.71. The second-order valence-electron chi connectivity index (χ2n) is 19.1. The summed E-state index contributed by atoms with van der Waals surface area (Å²) in [6.45, 7) is 16.2. The Kier molecular flexibility index (Phi) is 9.89. The fraction of sp³-hybridized carbons (Fsp3) is 0.951. The maximum Gasteiger partial charge on any atom is 0.232 e. The summed E-state index contributed by atoms with van der Waals surface area (Å²) in [6.07, 6.45) is 14.5. The van der Waals surface area contributed by atoms with Gasteiger partial charge in [0.2, 0.25) is 11.8 Å². The van der Waals surface area contributed by atoms with E-state index in [0.717, 1.165) is 82.6 Å². The van der Waals surface area contributed by atoms with Crippen molar-refractivity contribution in [1.82, 2.24) is 20.0 Å². The van der Waals surface area contributed by atoms with Crippen molar-refractivity contribution in [3.63, 3.8) is 0 Å². The standard InChI is InChI=1S/C41H67FN4O4/c1-27-7-14-41(49-26-27)28(2)38-35(50-41)24-34-32-6-5-29-23-30(8-12-39(29,3)33(32)9-13-40(34,38)4)43-36(47)25-37(48)46-21-19-45(20-22-46)31-10-16-44(17-11-31)18-15-42/h27-35,38H,5-26H2,1-4H3,(H,43,47)/t27-,28-,29?,30+,32+,33?,34-,35?,38?,39-,40-,41+/m0/s1. The number of carbonyl (C=O) groups excluding carboxylic acids is 2. The van der Waals surface area contributed by atoms with Gasteiger partial charge in [-0.1, -0.05) is 27.7 Å². The minimum absolute atomic E-state index is 0.0264. The molecule has 0 bridgehead atoms. The monoisotopic (exact) mass is 699 g/mol. The van der Waals surface area contributed by atoms with Gasteiger partial charge in [-0.15, -0.1) is 0 Å². The summed E-state index contributed by atoms with van der Waals surface area (Å²) in [5.41, 5.74) is 0.697. The summed E-state index contributed by atoms with van der Waals surface area (Å²) in [5, 5.41) is 3.34. The van der Waals surface area contributed by atoms with Crippen LogP contribution in [0.1, 0.15) is 111 Å². The third-order valence-electron chi connectivity index (χ3n) is 16.8. The van der Waals surface area contributed by atoms with E-state index in [-0.39, 0.29) is 36.7 Å². The van der Waals surface area contributed by atoms with Gasteiger partial charge in [-0.25, -0.2) is 4.39 Å². The Morgan fingerprint density at radius 1 is 0.840 bits per heavy atom. The number of piperidine rings is 1. The van der Waals surface area contributed by atoms with Crippen LogP contribution in [0.4, 0.5) is 4.39 Å². The zero-order chi connectivity index (χ0) is 34.8. The quantitative estimate of drug-likeness (QED) is 0.349. The van der Waals surface area contributed by atoms with Crippen LogP contribution < -0.4 is 5.32 Å². The van der Waals surface area contributed by atoms with E-state index in [9.17, 15) is 14.0 Å². The first-order valence-electron chi connectivity index (χ1n) is 20.9. The molecule has 1 spiro atoms. The molecule has 4 unspecified atom stereocenters. The van der Waals surface area contributed by atoms with Crippen LogP contribution in [0.25, 0.3) is 0 Å². The largest absolute Gasteiger partial charge is 0.353 e. The van der Waals surface area contributed by atoms with Gasteiger partial charge in [-0.05, 0) is 130 Å². The minimum atomic E-state index is -0.338. The molecular formula is C41H67FN4O4. The molecule has 282 valence electrons. The summed E-state index contributed by atoms with van der Waals surface area (Å²) in [6, 6.07) is 0.716. The maximum atomic E-state index is 13.2. The van der Waals surface area contributed by atoms with Crippen LogP contribution in [0.3, 0.4) is 0 Å². The molecule has 50 heavy (non-hydrogen) atoms. The van der Waals surface area contributed by atoms with E-state index in [2.05, 4.69) is 42.8 Å². The topological polar surface area (TPSA) is 74.3 Å². The molecule has 1 N–H and O–H groups in total. The molecule has 4 aliphatic carbocycles. The highest BCUT2D eigenvalue weighted by atomic mass is 19.1. The van der Waals surface area contributed by atoms with Crippen LogP contribution >= 0.6 is 0 Å². The molecule has 4 heterocycles. The number of amides is 2. The van der Waals surface area contributed by atoms with Crippen molar-refractivity contribution in [2.75, 3.05) is 59.1 Å². The molecule has 4 saturated carbocycles. The lowest BCUT2D eigenvalue weighted by Crippen LogP contribution is -2.56. The Bertz CT molecular complexity index is 1240. The molecule has 8 rings (SSSR count). The number of piperazine rings is 1. The number of fused-ring (bicyclic) bond motifs is 7. The summed E-state index contributed by atoms with van der Waals surface area (Å²) in [7, 11) is 0. The van der Waals surface area contributed by atoms with Crippen molar-refractivity contribution in [1.29, 1.82) is 0 Å². The molecule has 4 aliphatic heterocycles. The molecule has 0 radical (unpaired) electrons. The Labute approximate surface area is 301 Å². The summed E-state index contributed by atoms with van der Waals surface area (Å²) in [5.74, 6) is 4.23. The fourth-order valence-corrected chi connectivity index (χ4v) is 13.9. The second-order valence-corrected chi connectivity index (χ2v) is 19.1. The average Bonchev–Trinajstić information content (AvgIpc) is 3.56. The molecule has 0 aromatic carbocycles. The maximum absolute atomic E-state index is 13.2. The molecular weight excluding hydrogens is 631 g/mol. The first kappa shape index (κ1) is 35.7. The Balaban J connectivity index is 0.812. The van der Waals surface area contributed by atoms with Gasteiger partial charge in [0, 0.05) is 57.1 Å². The fourth-order valence-electron chi connectivity index (χ4n) is 13.9. The van der Waals surface area contributed by atoms with Gasteiger partial charge in [0.15, 0.2) is 5.79 Å². The highest BCUT2D eigenvalue weighted by Gasteiger charge is 2.69. The summed E-state index contributed by atoms with van der Waals surface area (Å²) >= 11 is 0. The lowest BCUT2D eigenvalue weighted by Gasteiger charge is -2.61. The number of alkyl halides is 1. The smallest absolute Gasteiger partial charge is 0.232 e. The number of halogens is 1. The van der Waals surface area contributed by atoms with Crippen LogP contribution in [-0.4, -0.2) is 110 Å². The van der Waals surface area contributed by atoms with Crippen LogP contribution in [0, 0.1) is 52.3 Å². The number of rotatable bonds is 6. The van der Waals surface area contributed by atoms with Gasteiger partial charge in [0.05, 0.1) is 12.7 Å². The van der Waals surface area contributed by atoms with E-state index in [0.29, 0.717) is 66.3 Å². The van der Waals surface area contributed by atoms with Crippen molar-refractivity contribution < 1.29 is 23.5 Å². The zero-order valence-electron chi connectivity index (χ0n) is 31.7. The van der Waals surface area contributed by atoms with Crippen molar-refractivity contribution in [2.24, 2.45) is 52.3 Å². The van der Waals surface area contributed by atoms with Gasteiger partial charge in [-0.3, -0.25) is 14.5 Å². The lowest BCUT2D eigenvalue weighted by atomic mass is 9.44. The molecule has 4 saturated heterocycles. The van der Waals surface area contributed by atoms with E-state index >= 15 is 0 Å². The van der Waals surface area contributed by atoms with Crippen molar-refractivity contribution in [3.05, 3.63) is 0 Å². The number of ether oxygens (including phenoxy) is 2. The van der Waals surface area contributed by atoms with Gasteiger partial charge < -0.3 is 24.6 Å². The Hall–Kier alpha value is -1.29. The first-order chi connectivity index (χ1) is 24.0. The van der Waals surface area contributed by atoms with Gasteiger partial charge in [0.25, 0.3) is 0 Å². The van der Waals surface area contributed by atoms with Crippen molar-refractivity contribution in [2.45, 2.75) is 135 Å². The number of nitrogens with zero attached hydrogens (tertiary/aromatic N) is 3. The van der Waals surface area contributed by atoms with Gasteiger partial charge in [-0.2, -0.15) is 0 Å². The second kappa shape index (κ2) is 13.8. The van der Waals surface area contributed by atoms with Crippen LogP contribution in [0.5, 0.6) is 0 Å². The van der Waals surface area contributed by atoms with E-state index in [1.165, 1.54) is 44.9 Å². The molecule has 8 nitrogen and oxygen atoms in total. The lowest BCUT2D eigenvalue weighted by molar-refractivity contribution is -0.273. The zero-order valence-corrected chi connectivity index (χ0v) is 31.7. The summed E-state index contributed by atoms with van der Waals surface area (Å²) in [4.78, 5) is 33.0. The molecule has 8 aliphatic rings. The van der Waals surface area contributed by atoms with Crippen molar-refractivity contribution in [3.8, 4) is 0 Å².